The maximum Gasteiger partial charge on any atom is 0.335 e. The van der Waals surface area contributed by atoms with Gasteiger partial charge in [0.1, 0.15) is 11.5 Å². The Morgan fingerprint density at radius 2 is 1.74 bits per heavy atom. The lowest BCUT2D eigenvalue weighted by atomic mass is 10.0. The summed E-state index contributed by atoms with van der Waals surface area (Å²) >= 11 is 0. The third-order valence-corrected chi connectivity index (χ3v) is 5.54. The molecule has 0 spiro atoms. The first-order valence-electron chi connectivity index (χ1n) is 10.6. The summed E-state index contributed by atoms with van der Waals surface area (Å²) in [4.78, 5) is 29.4. The third-order valence-electron chi connectivity index (χ3n) is 5.54. The Morgan fingerprint density at radius 3 is 2.53 bits per heavy atom. The Morgan fingerprint density at radius 1 is 0.971 bits per heavy atom. The predicted molar refractivity (Wildman–Crippen MR) is 130 cm³/mol. The zero-order chi connectivity index (χ0) is 23.7. The van der Waals surface area contributed by atoms with Crippen molar-refractivity contribution in [1.29, 1.82) is 0 Å². The third kappa shape index (κ3) is 3.80. The van der Waals surface area contributed by atoms with Gasteiger partial charge in [0.25, 0.3) is 5.56 Å². The molecule has 166 valence electrons. The van der Waals surface area contributed by atoms with Crippen molar-refractivity contribution in [2.75, 3.05) is 0 Å². The molecule has 0 radical (unpaired) electrons. The quantitative estimate of drug-likeness (QED) is 0.371. The van der Waals surface area contributed by atoms with Gasteiger partial charge in [0.05, 0.1) is 22.7 Å². The highest BCUT2D eigenvalue weighted by Gasteiger charge is 2.15. The lowest BCUT2D eigenvalue weighted by Gasteiger charge is -2.09. The molecule has 34 heavy (non-hydrogen) atoms. The zero-order valence-electron chi connectivity index (χ0n) is 18.2. The standard InChI is InChI=1S/C27H19N3O4/c1-17-20(11-7-12-21(17)27(32)33)24-15-14-19(34-24)16-28-30-25(18-8-3-2-4-9-18)29-23-13-6-5-10-22(23)26(30)31/h2-16H,1H3,(H,32,33). The second-order valence-electron chi connectivity index (χ2n) is 7.67. The molecule has 5 rings (SSSR count). The molecular formula is C27H19N3O4. The number of hydrogen-bond donors (Lipinski definition) is 1. The van der Waals surface area contributed by atoms with E-state index < -0.39 is 5.97 Å². The molecule has 0 amide bonds. The van der Waals surface area contributed by atoms with Crippen LogP contribution in [0.15, 0.2) is 99.2 Å². The average Bonchev–Trinajstić information content (AvgIpc) is 3.32. The molecule has 5 aromatic rings. The van der Waals surface area contributed by atoms with Gasteiger partial charge in [-0.25, -0.2) is 9.78 Å². The highest BCUT2D eigenvalue weighted by Crippen LogP contribution is 2.27. The van der Waals surface area contributed by atoms with Crippen LogP contribution in [-0.2, 0) is 0 Å². The molecule has 0 atom stereocenters. The molecule has 0 unspecified atom stereocenters. The fourth-order valence-electron chi connectivity index (χ4n) is 3.82. The molecule has 2 aromatic heterocycles. The Kier molecular flexibility index (Phi) is 5.35. The molecule has 0 saturated heterocycles. The Labute approximate surface area is 194 Å². The molecule has 0 saturated carbocycles. The number of aromatic nitrogens is 2. The smallest absolute Gasteiger partial charge is 0.335 e. The van der Waals surface area contributed by atoms with E-state index in [2.05, 4.69) is 10.1 Å². The molecule has 1 N–H and O–H groups in total. The van der Waals surface area contributed by atoms with Crippen LogP contribution in [0.4, 0.5) is 0 Å². The van der Waals surface area contributed by atoms with Gasteiger partial charge in [-0.2, -0.15) is 9.78 Å². The van der Waals surface area contributed by atoms with Crippen LogP contribution in [0.5, 0.6) is 0 Å². The van der Waals surface area contributed by atoms with Gasteiger partial charge in [0.15, 0.2) is 5.82 Å². The van der Waals surface area contributed by atoms with Crippen molar-refractivity contribution < 1.29 is 14.3 Å². The lowest BCUT2D eigenvalue weighted by molar-refractivity contribution is 0.0696. The van der Waals surface area contributed by atoms with Gasteiger partial charge in [0, 0.05) is 11.1 Å². The van der Waals surface area contributed by atoms with Crippen molar-refractivity contribution >= 4 is 23.1 Å². The summed E-state index contributed by atoms with van der Waals surface area (Å²) < 4.78 is 7.16. The summed E-state index contributed by atoms with van der Waals surface area (Å²) in [5.41, 5.74) is 2.54. The van der Waals surface area contributed by atoms with Crippen molar-refractivity contribution in [2.24, 2.45) is 5.10 Å². The van der Waals surface area contributed by atoms with Gasteiger partial charge in [-0.3, -0.25) is 4.79 Å². The number of benzene rings is 3. The molecule has 7 nitrogen and oxygen atoms in total. The Bertz CT molecular complexity index is 1610. The molecule has 0 aliphatic heterocycles. The highest BCUT2D eigenvalue weighted by molar-refractivity contribution is 5.91. The number of para-hydroxylation sites is 1. The van der Waals surface area contributed by atoms with E-state index in [0.29, 0.717) is 39.4 Å². The van der Waals surface area contributed by atoms with E-state index in [1.54, 1.807) is 55.5 Å². The van der Waals surface area contributed by atoms with Crippen LogP contribution in [-0.4, -0.2) is 27.0 Å². The summed E-state index contributed by atoms with van der Waals surface area (Å²) in [6.45, 7) is 1.74. The number of carbonyl (C=O) groups is 1. The van der Waals surface area contributed by atoms with Crippen LogP contribution in [0, 0.1) is 6.92 Å². The number of rotatable bonds is 5. The summed E-state index contributed by atoms with van der Waals surface area (Å²) in [6, 6.07) is 25.0. The number of aromatic carboxylic acids is 1. The summed E-state index contributed by atoms with van der Waals surface area (Å²) in [5, 5.41) is 14.2. The van der Waals surface area contributed by atoms with Crippen molar-refractivity contribution in [3.8, 4) is 22.7 Å². The molecule has 0 fully saturated rings. The van der Waals surface area contributed by atoms with Crippen LogP contribution in [0.1, 0.15) is 21.7 Å². The first-order valence-corrected chi connectivity index (χ1v) is 10.6. The largest absolute Gasteiger partial charge is 0.478 e. The van der Waals surface area contributed by atoms with Crippen molar-refractivity contribution in [1.82, 2.24) is 9.66 Å². The molecule has 2 heterocycles. The minimum Gasteiger partial charge on any atom is -0.478 e. The van der Waals surface area contributed by atoms with Gasteiger partial charge in [-0.05, 0) is 42.8 Å². The zero-order valence-corrected chi connectivity index (χ0v) is 18.2. The topological polar surface area (TPSA) is 97.7 Å². The monoisotopic (exact) mass is 449 g/mol. The maximum absolute atomic E-state index is 13.2. The number of nitrogens with zero attached hydrogens (tertiary/aromatic N) is 3. The normalized spacial score (nSPS) is 11.3. The fourth-order valence-corrected chi connectivity index (χ4v) is 3.82. The average molecular weight is 449 g/mol. The van der Waals surface area contributed by atoms with E-state index in [1.807, 2.05) is 36.4 Å². The van der Waals surface area contributed by atoms with E-state index in [9.17, 15) is 14.7 Å². The predicted octanol–water partition coefficient (Wildman–Crippen LogP) is 5.21. The second kappa shape index (κ2) is 8.63. The molecule has 0 aliphatic rings. The molecular weight excluding hydrogens is 430 g/mol. The van der Waals surface area contributed by atoms with Crippen molar-refractivity contribution in [3.05, 3.63) is 112 Å². The Balaban J connectivity index is 1.58. The van der Waals surface area contributed by atoms with E-state index in [0.717, 1.165) is 5.56 Å². The van der Waals surface area contributed by atoms with Gasteiger partial charge in [0.2, 0.25) is 0 Å². The highest BCUT2D eigenvalue weighted by atomic mass is 16.4. The molecule has 3 aromatic carbocycles. The van der Waals surface area contributed by atoms with Crippen LogP contribution >= 0.6 is 0 Å². The summed E-state index contributed by atoms with van der Waals surface area (Å²) in [6.07, 6.45) is 1.45. The summed E-state index contributed by atoms with van der Waals surface area (Å²) in [5.74, 6) is 0.338. The fraction of sp³-hybridized carbons (Fsp3) is 0.0370. The van der Waals surface area contributed by atoms with Gasteiger partial charge in [-0.1, -0.05) is 54.6 Å². The number of furan rings is 1. The number of fused-ring (bicyclic) bond motifs is 1. The lowest BCUT2D eigenvalue weighted by Crippen LogP contribution is -2.20. The number of carboxylic acids is 1. The van der Waals surface area contributed by atoms with E-state index in [4.69, 9.17) is 4.42 Å². The van der Waals surface area contributed by atoms with Crippen LogP contribution in [0.2, 0.25) is 0 Å². The van der Waals surface area contributed by atoms with Crippen molar-refractivity contribution in [3.63, 3.8) is 0 Å². The first kappa shape index (κ1) is 21.1. The Hall–Kier alpha value is -4.78. The number of hydrogen-bond acceptors (Lipinski definition) is 5. The van der Waals surface area contributed by atoms with Gasteiger partial charge in [-0.15, -0.1) is 0 Å². The first-order chi connectivity index (χ1) is 16.5. The SMILES string of the molecule is Cc1c(C(=O)O)cccc1-c1ccc(C=Nn2c(-c3ccccc3)nc3ccccc3c2=O)o1. The molecule has 0 bridgehead atoms. The second-order valence-corrected chi connectivity index (χ2v) is 7.67. The van der Waals surface area contributed by atoms with Gasteiger partial charge >= 0.3 is 5.97 Å². The molecule has 7 heteroatoms. The van der Waals surface area contributed by atoms with E-state index >= 15 is 0 Å². The maximum atomic E-state index is 13.2. The van der Waals surface area contributed by atoms with Crippen LogP contribution in [0.25, 0.3) is 33.6 Å². The van der Waals surface area contributed by atoms with Crippen LogP contribution in [0.3, 0.4) is 0 Å². The van der Waals surface area contributed by atoms with Crippen LogP contribution < -0.4 is 5.56 Å². The van der Waals surface area contributed by atoms with E-state index in [1.165, 1.54) is 10.9 Å². The summed E-state index contributed by atoms with van der Waals surface area (Å²) in [7, 11) is 0. The van der Waals surface area contributed by atoms with Gasteiger partial charge < -0.3 is 9.52 Å². The van der Waals surface area contributed by atoms with E-state index in [-0.39, 0.29) is 11.1 Å². The van der Waals surface area contributed by atoms with Crippen molar-refractivity contribution in [2.45, 2.75) is 6.92 Å². The molecule has 0 aliphatic carbocycles. The number of carboxylic acid groups (broad SMARTS) is 1. The minimum atomic E-state index is -0.996. The minimum absolute atomic E-state index is 0.213.